The van der Waals surface area contributed by atoms with Crippen LogP contribution in [0.1, 0.15) is 0 Å². The minimum Gasteiger partial charge on any atom is -0.508 e. The summed E-state index contributed by atoms with van der Waals surface area (Å²) in [6.07, 6.45) is 3.35. The zero-order valence-corrected chi connectivity index (χ0v) is 9.31. The number of aromatic amines is 1. The Kier molecular flexibility index (Phi) is 2.19. The second-order valence-electron chi connectivity index (χ2n) is 3.53. The van der Waals surface area contributed by atoms with E-state index in [-0.39, 0.29) is 11.0 Å². The van der Waals surface area contributed by atoms with Gasteiger partial charge in [0, 0.05) is 17.1 Å². The average molecular weight is 247 g/mol. The number of phenolic OH excluding ortho intramolecular Hbond substituents is 1. The minimum atomic E-state index is 0.160. The number of nitrogens with zero attached hydrogens (tertiary/aromatic N) is 3. The lowest BCUT2D eigenvalue weighted by Gasteiger charge is -2.04. The van der Waals surface area contributed by atoms with Crippen LogP contribution in [0.5, 0.6) is 5.75 Å². The molecule has 0 aliphatic heterocycles. The van der Waals surface area contributed by atoms with E-state index in [4.69, 9.17) is 11.6 Å². The molecule has 3 aromatic rings. The molecule has 3 rings (SSSR count). The van der Waals surface area contributed by atoms with Crippen LogP contribution in [-0.2, 0) is 0 Å². The second kappa shape index (κ2) is 3.71. The predicted octanol–water partition coefficient (Wildman–Crippen LogP) is 2.38. The molecule has 0 aliphatic rings. The van der Waals surface area contributed by atoms with Crippen molar-refractivity contribution >= 4 is 22.5 Å². The molecule has 2 heterocycles. The molecule has 17 heavy (non-hydrogen) atoms. The third-order valence-electron chi connectivity index (χ3n) is 2.42. The first-order valence-corrected chi connectivity index (χ1v) is 5.27. The van der Waals surface area contributed by atoms with Crippen LogP contribution in [0.3, 0.4) is 0 Å². The zero-order chi connectivity index (χ0) is 11.8. The first kappa shape index (κ1) is 10.0. The Labute approximate surface area is 101 Å². The molecule has 0 bridgehead atoms. The number of aromatic hydroxyl groups is 1. The van der Waals surface area contributed by atoms with E-state index < -0.39 is 0 Å². The first-order chi connectivity index (χ1) is 8.24. The second-order valence-corrected chi connectivity index (χ2v) is 3.87. The van der Waals surface area contributed by atoms with Gasteiger partial charge in [0.1, 0.15) is 5.75 Å². The summed E-state index contributed by atoms with van der Waals surface area (Å²) < 4.78 is 0. The molecule has 2 aromatic heterocycles. The number of benzene rings is 1. The number of phenols is 1. The Balaban J connectivity index is 2.39. The largest absolute Gasteiger partial charge is 0.508 e. The summed E-state index contributed by atoms with van der Waals surface area (Å²) in [6, 6.07) is 4.86. The zero-order valence-electron chi connectivity index (χ0n) is 8.55. The molecular weight excluding hydrogens is 240 g/mol. The van der Waals surface area contributed by atoms with E-state index in [1.807, 2.05) is 0 Å². The number of fused-ring (bicyclic) bond motifs is 1. The minimum absolute atomic E-state index is 0.160. The molecule has 84 valence electrons. The molecule has 0 atom stereocenters. The highest BCUT2D eigenvalue weighted by Crippen LogP contribution is 2.28. The van der Waals surface area contributed by atoms with Crippen molar-refractivity contribution in [1.82, 2.24) is 20.2 Å². The Hall–Kier alpha value is -2.14. The number of hydrogen-bond acceptors (Lipinski definition) is 4. The quantitative estimate of drug-likeness (QED) is 0.647. The number of H-pyrrole nitrogens is 1. The van der Waals surface area contributed by atoms with Crippen molar-refractivity contribution in [1.29, 1.82) is 0 Å². The molecule has 0 saturated carbocycles. The van der Waals surface area contributed by atoms with Crippen molar-refractivity contribution in [2.24, 2.45) is 0 Å². The van der Waals surface area contributed by atoms with E-state index in [0.717, 1.165) is 10.9 Å². The van der Waals surface area contributed by atoms with Crippen LogP contribution in [0.2, 0.25) is 5.28 Å². The number of nitrogens with one attached hydrogen (secondary N) is 1. The molecule has 5 nitrogen and oxygen atoms in total. The van der Waals surface area contributed by atoms with Gasteiger partial charge >= 0.3 is 0 Å². The van der Waals surface area contributed by atoms with Gasteiger partial charge in [-0.05, 0) is 29.8 Å². The predicted molar refractivity (Wildman–Crippen MR) is 63.8 cm³/mol. The van der Waals surface area contributed by atoms with Gasteiger partial charge in [-0.15, -0.1) is 0 Å². The standard InChI is InChI=1S/C11H7ClN4O/c12-11-15-9-2-1-7(17)3-8(9)10(16-11)6-4-13-14-5-6/h1-5,17H,(H,13,14). The molecule has 0 amide bonds. The third-order valence-corrected chi connectivity index (χ3v) is 2.59. The normalized spacial score (nSPS) is 10.9. The molecule has 0 aliphatic carbocycles. The highest BCUT2D eigenvalue weighted by atomic mass is 35.5. The summed E-state index contributed by atoms with van der Waals surface area (Å²) in [7, 11) is 0. The molecule has 2 N–H and O–H groups in total. The maximum Gasteiger partial charge on any atom is 0.223 e. The van der Waals surface area contributed by atoms with Gasteiger partial charge in [0.05, 0.1) is 17.4 Å². The highest BCUT2D eigenvalue weighted by Gasteiger charge is 2.10. The third kappa shape index (κ3) is 1.70. The summed E-state index contributed by atoms with van der Waals surface area (Å²) in [5.74, 6) is 0.160. The van der Waals surface area contributed by atoms with Crippen LogP contribution in [0, 0.1) is 0 Å². The summed E-state index contributed by atoms with van der Waals surface area (Å²) in [5, 5.41) is 17.0. The Morgan fingerprint density at radius 3 is 2.88 bits per heavy atom. The van der Waals surface area contributed by atoms with Crippen molar-refractivity contribution in [3.63, 3.8) is 0 Å². The van der Waals surface area contributed by atoms with Crippen molar-refractivity contribution in [3.05, 3.63) is 35.9 Å². The molecule has 0 spiro atoms. The fraction of sp³-hybridized carbons (Fsp3) is 0. The smallest absolute Gasteiger partial charge is 0.223 e. The van der Waals surface area contributed by atoms with Crippen molar-refractivity contribution < 1.29 is 5.11 Å². The van der Waals surface area contributed by atoms with Gasteiger partial charge in [-0.3, -0.25) is 5.10 Å². The van der Waals surface area contributed by atoms with Gasteiger partial charge in [-0.2, -0.15) is 5.10 Å². The summed E-state index contributed by atoms with van der Waals surface area (Å²) >= 11 is 5.87. The van der Waals surface area contributed by atoms with Gasteiger partial charge in [-0.25, -0.2) is 9.97 Å². The topological polar surface area (TPSA) is 74.7 Å². The fourth-order valence-electron chi connectivity index (χ4n) is 1.69. The fourth-order valence-corrected chi connectivity index (χ4v) is 1.86. The van der Waals surface area contributed by atoms with Crippen LogP contribution in [-0.4, -0.2) is 25.3 Å². The van der Waals surface area contributed by atoms with E-state index in [2.05, 4.69) is 20.2 Å². The van der Waals surface area contributed by atoms with Crippen LogP contribution in [0.25, 0.3) is 22.2 Å². The van der Waals surface area contributed by atoms with E-state index in [1.54, 1.807) is 30.6 Å². The summed E-state index contributed by atoms with van der Waals surface area (Å²) in [5.41, 5.74) is 2.12. The van der Waals surface area contributed by atoms with Gasteiger partial charge in [0.2, 0.25) is 5.28 Å². The van der Waals surface area contributed by atoms with E-state index in [9.17, 15) is 5.11 Å². The lowest BCUT2D eigenvalue weighted by molar-refractivity contribution is 0.476. The highest BCUT2D eigenvalue weighted by molar-refractivity contribution is 6.28. The lowest BCUT2D eigenvalue weighted by Crippen LogP contribution is -1.90. The van der Waals surface area contributed by atoms with Crippen LogP contribution in [0.15, 0.2) is 30.6 Å². The number of aromatic nitrogens is 4. The Morgan fingerprint density at radius 1 is 1.24 bits per heavy atom. The van der Waals surface area contributed by atoms with E-state index >= 15 is 0 Å². The Morgan fingerprint density at radius 2 is 2.12 bits per heavy atom. The first-order valence-electron chi connectivity index (χ1n) is 4.89. The molecular formula is C11H7ClN4O. The molecule has 0 unspecified atom stereocenters. The van der Waals surface area contributed by atoms with Crippen LogP contribution < -0.4 is 0 Å². The van der Waals surface area contributed by atoms with Crippen molar-refractivity contribution in [3.8, 4) is 17.0 Å². The molecule has 6 heteroatoms. The lowest BCUT2D eigenvalue weighted by atomic mass is 10.1. The van der Waals surface area contributed by atoms with E-state index in [0.29, 0.717) is 11.2 Å². The maximum atomic E-state index is 9.51. The SMILES string of the molecule is Oc1ccc2nc(Cl)nc(-c3cn[nH]c3)c2c1. The van der Waals surface area contributed by atoms with E-state index in [1.165, 1.54) is 0 Å². The van der Waals surface area contributed by atoms with Gasteiger partial charge < -0.3 is 5.11 Å². The maximum absolute atomic E-state index is 9.51. The number of halogens is 1. The van der Waals surface area contributed by atoms with Crippen LogP contribution in [0.4, 0.5) is 0 Å². The molecule has 0 radical (unpaired) electrons. The monoisotopic (exact) mass is 246 g/mol. The van der Waals surface area contributed by atoms with Gasteiger partial charge in [0.15, 0.2) is 0 Å². The molecule has 1 aromatic carbocycles. The Bertz CT molecular complexity index is 681. The molecule has 0 saturated heterocycles. The summed E-state index contributed by atoms with van der Waals surface area (Å²) in [4.78, 5) is 8.27. The van der Waals surface area contributed by atoms with Crippen molar-refractivity contribution in [2.75, 3.05) is 0 Å². The van der Waals surface area contributed by atoms with Crippen LogP contribution >= 0.6 is 11.6 Å². The summed E-state index contributed by atoms with van der Waals surface area (Å²) in [6.45, 7) is 0. The number of hydrogen-bond donors (Lipinski definition) is 2. The average Bonchev–Trinajstić information content (AvgIpc) is 2.82. The van der Waals surface area contributed by atoms with Crippen molar-refractivity contribution in [2.45, 2.75) is 0 Å². The van der Waals surface area contributed by atoms with Gasteiger partial charge in [0.25, 0.3) is 0 Å². The van der Waals surface area contributed by atoms with Gasteiger partial charge in [-0.1, -0.05) is 0 Å². The number of rotatable bonds is 1. The molecule has 0 fully saturated rings.